The van der Waals surface area contributed by atoms with E-state index in [1.54, 1.807) is 0 Å². The Morgan fingerprint density at radius 1 is 0.714 bits per heavy atom. The molecule has 0 bridgehead atoms. The van der Waals surface area contributed by atoms with Crippen LogP contribution in [0.2, 0.25) is 0 Å². The summed E-state index contributed by atoms with van der Waals surface area (Å²) >= 11 is 0. The third-order valence-corrected chi connectivity index (χ3v) is 4.55. The van der Waals surface area contributed by atoms with E-state index >= 15 is 0 Å². The fraction of sp³-hybridized carbons (Fsp3) is 0.429. The normalized spacial score (nSPS) is 11.2. The molecule has 0 fully saturated rings. The van der Waals surface area contributed by atoms with Crippen LogP contribution in [0.15, 0.2) is 24.3 Å². The molecule has 0 aromatic heterocycles. The van der Waals surface area contributed by atoms with Crippen LogP contribution in [-0.2, 0) is 6.42 Å². The fourth-order valence-electron chi connectivity index (χ4n) is 3.77. The molecule has 0 radical (unpaired) electrons. The molecule has 0 nitrogen and oxygen atoms in total. The zero-order valence-electron chi connectivity index (χ0n) is 14.6. The fourth-order valence-corrected chi connectivity index (χ4v) is 3.77. The van der Waals surface area contributed by atoms with Crippen LogP contribution in [0.4, 0.5) is 0 Å². The minimum absolute atomic E-state index is 0.588. The van der Waals surface area contributed by atoms with Gasteiger partial charge < -0.3 is 0 Å². The minimum Gasteiger partial charge on any atom is -0.0613 e. The number of hydrogen-bond donors (Lipinski definition) is 0. The number of benzene rings is 2. The quantitative estimate of drug-likeness (QED) is 0.621. The Hall–Kier alpha value is -1.56. The van der Waals surface area contributed by atoms with Crippen molar-refractivity contribution in [2.45, 2.75) is 60.8 Å². The zero-order chi connectivity index (χ0) is 15.7. The third kappa shape index (κ3) is 3.05. The lowest BCUT2D eigenvalue weighted by Gasteiger charge is -2.17. The molecule has 2 aromatic rings. The maximum atomic E-state index is 2.35. The average molecular weight is 280 g/mol. The summed E-state index contributed by atoms with van der Waals surface area (Å²) in [6.07, 6.45) is 1.11. The lowest BCUT2D eigenvalue weighted by atomic mass is 9.88. The van der Waals surface area contributed by atoms with Crippen molar-refractivity contribution in [3.8, 4) is 11.1 Å². The predicted octanol–water partition coefficient (Wildman–Crippen LogP) is 6.27. The largest absolute Gasteiger partial charge is 0.0613 e. The van der Waals surface area contributed by atoms with Crippen LogP contribution in [0, 0.1) is 27.7 Å². The van der Waals surface area contributed by atoms with Gasteiger partial charge >= 0.3 is 0 Å². The summed E-state index contributed by atoms with van der Waals surface area (Å²) in [6, 6.07) is 9.38. The highest BCUT2D eigenvalue weighted by atomic mass is 14.2. The smallest absolute Gasteiger partial charge is 0.0178 e. The van der Waals surface area contributed by atoms with Gasteiger partial charge in [-0.3, -0.25) is 0 Å². The second-order valence-corrected chi connectivity index (χ2v) is 6.62. The van der Waals surface area contributed by atoms with E-state index in [0.29, 0.717) is 5.92 Å². The molecule has 2 aromatic carbocycles. The van der Waals surface area contributed by atoms with Gasteiger partial charge in [0.15, 0.2) is 0 Å². The summed E-state index contributed by atoms with van der Waals surface area (Å²) in [5, 5.41) is 0. The van der Waals surface area contributed by atoms with Crippen molar-refractivity contribution in [1.82, 2.24) is 0 Å². The van der Waals surface area contributed by atoms with Crippen LogP contribution in [0.5, 0.6) is 0 Å². The first-order valence-corrected chi connectivity index (χ1v) is 8.06. The summed E-state index contributed by atoms with van der Waals surface area (Å²) in [7, 11) is 0. The average Bonchev–Trinajstić information content (AvgIpc) is 2.36. The molecule has 0 aliphatic rings. The van der Waals surface area contributed by atoms with E-state index in [9.17, 15) is 0 Å². The lowest BCUT2D eigenvalue weighted by molar-refractivity contribution is 0.846. The summed E-state index contributed by atoms with van der Waals surface area (Å²) in [5.41, 5.74) is 11.3. The minimum atomic E-state index is 0.588. The highest BCUT2D eigenvalue weighted by molar-refractivity contribution is 5.69. The molecule has 0 aliphatic carbocycles. The number of aryl methyl sites for hydroxylation is 4. The lowest BCUT2D eigenvalue weighted by Crippen LogP contribution is -1.98. The predicted molar refractivity (Wildman–Crippen MR) is 94.3 cm³/mol. The van der Waals surface area contributed by atoms with Gasteiger partial charge in [0.2, 0.25) is 0 Å². The van der Waals surface area contributed by atoms with Crippen molar-refractivity contribution in [2.24, 2.45) is 0 Å². The molecule has 0 spiro atoms. The first kappa shape index (κ1) is 15.8. The van der Waals surface area contributed by atoms with Crippen molar-refractivity contribution in [2.75, 3.05) is 0 Å². The van der Waals surface area contributed by atoms with Crippen LogP contribution < -0.4 is 0 Å². The molecule has 0 amide bonds. The topological polar surface area (TPSA) is 0 Å². The van der Waals surface area contributed by atoms with Crippen molar-refractivity contribution in [3.05, 3.63) is 57.6 Å². The second-order valence-electron chi connectivity index (χ2n) is 6.62. The van der Waals surface area contributed by atoms with Crippen LogP contribution in [0.1, 0.15) is 60.1 Å². The first-order chi connectivity index (χ1) is 9.85. The molecule has 0 N–H and O–H groups in total. The van der Waals surface area contributed by atoms with Gasteiger partial charge in [0, 0.05) is 0 Å². The monoisotopic (exact) mass is 280 g/mol. The van der Waals surface area contributed by atoms with Crippen molar-refractivity contribution >= 4 is 0 Å². The Labute approximate surface area is 130 Å². The summed E-state index contributed by atoms with van der Waals surface area (Å²) in [4.78, 5) is 0. The maximum absolute atomic E-state index is 2.35. The highest BCUT2D eigenvalue weighted by Gasteiger charge is 2.11. The Morgan fingerprint density at radius 3 is 1.43 bits per heavy atom. The van der Waals surface area contributed by atoms with Gasteiger partial charge in [0.25, 0.3) is 0 Å². The molecular formula is C21H28. The Bertz CT molecular complexity index is 614. The molecule has 21 heavy (non-hydrogen) atoms. The van der Waals surface area contributed by atoms with Crippen LogP contribution >= 0.6 is 0 Å². The molecule has 112 valence electrons. The van der Waals surface area contributed by atoms with Gasteiger partial charge in [-0.25, -0.2) is 0 Å². The Morgan fingerprint density at radius 2 is 1.10 bits per heavy atom. The van der Waals surface area contributed by atoms with E-state index in [2.05, 4.69) is 72.7 Å². The van der Waals surface area contributed by atoms with E-state index in [1.807, 2.05) is 0 Å². The van der Waals surface area contributed by atoms with E-state index < -0.39 is 0 Å². The molecular weight excluding hydrogens is 252 g/mol. The van der Waals surface area contributed by atoms with Crippen molar-refractivity contribution in [1.29, 1.82) is 0 Å². The zero-order valence-corrected chi connectivity index (χ0v) is 14.6. The third-order valence-electron chi connectivity index (χ3n) is 4.55. The van der Waals surface area contributed by atoms with E-state index in [1.165, 1.54) is 44.5 Å². The molecule has 0 saturated carbocycles. The Balaban J connectivity index is 2.58. The van der Waals surface area contributed by atoms with E-state index in [-0.39, 0.29) is 0 Å². The number of hydrogen-bond acceptors (Lipinski definition) is 0. The summed E-state index contributed by atoms with van der Waals surface area (Å²) in [5.74, 6) is 0.588. The SMILES string of the molecule is CCc1c(C)cc(-c2cc(C)c(C(C)C)c(C)c2)cc1C. The molecule has 0 heteroatoms. The molecule has 0 unspecified atom stereocenters. The summed E-state index contributed by atoms with van der Waals surface area (Å²) in [6.45, 7) is 15.7. The second kappa shape index (κ2) is 6.05. The molecule has 0 atom stereocenters. The van der Waals surface area contributed by atoms with Gasteiger partial charge in [0.05, 0.1) is 0 Å². The van der Waals surface area contributed by atoms with E-state index in [4.69, 9.17) is 0 Å². The molecule has 0 aliphatic heterocycles. The van der Waals surface area contributed by atoms with Crippen molar-refractivity contribution in [3.63, 3.8) is 0 Å². The molecule has 0 saturated heterocycles. The van der Waals surface area contributed by atoms with Crippen LogP contribution in [-0.4, -0.2) is 0 Å². The standard InChI is InChI=1S/C21H28/c1-8-20-14(4)9-18(10-15(20)5)19-11-16(6)21(13(2)3)17(7)12-19/h9-13H,8H2,1-7H3. The summed E-state index contributed by atoms with van der Waals surface area (Å²) < 4.78 is 0. The maximum Gasteiger partial charge on any atom is -0.0178 e. The van der Waals surface area contributed by atoms with Crippen LogP contribution in [0.3, 0.4) is 0 Å². The van der Waals surface area contributed by atoms with Gasteiger partial charge in [-0.1, -0.05) is 45.0 Å². The van der Waals surface area contributed by atoms with Gasteiger partial charge in [-0.15, -0.1) is 0 Å². The van der Waals surface area contributed by atoms with Gasteiger partial charge in [0.1, 0.15) is 0 Å². The molecule has 0 heterocycles. The van der Waals surface area contributed by atoms with Crippen molar-refractivity contribution < 1.29 is 0 Å². The Kier molecular flexibility index (Phi) is 4.56. The van der Waals surface area contributed by atoms with Crippen LogP contribution in [0.25, 0.3) is 11.1 Å². The number of rotatable bonds is 3. The first-order valence-electron chi connectivity index (χ1n) is 8.06. The highest BCUT2D eigenvalue weighted by Crippen LogP contribution is 2.31. The van der Waals surface area contributed by atoms with Gasteiger partial charge in [-0.2, -0.15) is 0 Å². The van der Waals surface area contributed by atoms with E-state index in [0.717, 1.165) is 6.42 Å². The van der Waals surface area contributed by atoms with Gasteiger partial charge in [-0.05, 0) is 84.5 Å². The molecule has 2 rings (SSSR count).